The lowest BCUT2D eigenvalue weighted by atomic mass is 10.4. The number of rotatable bonds is 3. The molecule has 1 nitrogen and oxygen atoms in total. The van der Waals surface area contributed by atoms with Crippen molar-refractivity contribution in [1.29, 1.82) is 0 Å². The molecule has 0 bridgehead atoms. The van der Waals surface area contributed by atoms with Crippen LogP contribution in [-0.2, 0) is 4.74 Å². The van der Waals surface area contributed by atoms with Crippen molar-refractivity contribution in [2.75, 3.05) is 0 Å². The van der Waals surface area contributed by atoms with Gasteiger partial charge in [-0.1, -0.05) is 6.58 Å². The Kier molecular flexibility index (Phi) is 4.21. The smallest absolute Gasteiger partial charge is 0.114 e. The fourth-order valence-corrected chi connectivity index (χ4v) is 0.391. The quantitative estimate of drug-likeness (QED) is 0.456. The van der Waals surface area contributed by atoms with Crippen LogP contribution < -0.4 is 0 Å². The summed E-state index contributed by atoms with van der Waals surface area (Å²) < 4.78 is 5.20. The summed E-state index contributed by atoms with van der Waals surface area (Å²) in [6.07, 6.45) is 1.87. The zero-order valence-electron chi connectivity index (χ0n) is 6.65. The van der Waals surface area contributed by atoms with Crippen molar-refractivity contribution in [3.05, 3.63) is 24.2 Å². The van der Waals surface area contributed by atoms with E-state index in [1.54, 1.807) is 0 Å². The second-order valence-corrected chi connectivity index (χ2v) is 2.74. The third-order valence-corrected chi connectivity index (χ3v) is 1.39. The maximum absolute atomic E-state index is 5.68. The lowest BCUT2D eigenvalue weighted by molar-refractivity contribution is 0.299. The molecule has 0 aromatic rings. The molecule has 0 saturated heterocycles. The third kappa shape index (κ3) is 3.57. The Morgan fingerprint density at radius 1 is 1.70 bits per heavy atom. The summed E-state index contributed by atoms with van der Waals surface area (Å²) in [5.41, 5.74) is 0. The molecule has 2 heteroatoms. The van der Waals surface area contributed by atoms with E-state index in [0.29, 0.717) is 5.76 Å². The number of allylic oxidation sites excluding steroid dienone is 3. The predicted molar refractivity (Wildman–Crippen MR) is 45.0 cm³/mol. The first kappa shape index (κ1) is 9.57. The van der Waals surface area contributed by atoms with Gasteiger partial charge in [-0.05, 0) is 26.8 Å². The van der Waals surface area contributed by atoms with Crippen LogP contribution in [0.1, 0.15) is 20.8 Å². The molecule has 0 rings (SSSR count). The van der Waals surface area contributed by atoms with E-state index in [9.17, 15) is 0 Å². The summed E-state index contributed by atoms with van der Waals surface area (Å²) >= 11 is 5.68. The van der Waals surface area contributed by atoms with Gasteiger partial charge in [0.2, 0.25) is 0 Å². The van der Waals surface area contributed by atoms with Gasteiger partial charge in [0, 0.05) is 0 Å². The second kappa shape index (κ2) is 4.40. The molecule has 0 N–H and O–H groups in total. The Morgan fingerprint density at radius 3 is 2.50 bits per heavy atom. The molecule has 1 atom stereocenters. The van der Waals surface area contributed by atoms with Crippen LogP contribution in [0.3, 0.4) is 0 Å². The summed E-state index contributed by atoms with van der Waals surface area (Å²) in [4.78, 5) is 0. The normalized spacial score (nSPS) is 14.6. The Hall–Kier alpha value is -0.430. The Morgan fingerprint density at radius 2 is 2.20 bits per heavy atom. The number of ether oxygens (including phenoxy) is 1. The van der Waals surface area contributed by atoms with Crippen molar-refractivity contribution in [3.8, 4) is 0 Å². The van der Waals surface area contributed by atoms with Crippen LogP contribution in [0.2, 0.25) is 0 Å². The number of hydrogen-bond acceptors (Lipinski definition) is 1. The van der Waals surface area contributed by atoms with Gasteiger partial charge in [0.05, 0.1) is 11.1 Å². The molecule has 0 heterocycles. The lowest BCUT2D eigenvalue weighted by Gasteiger charge is -2.09. The van der Waals surface area contributed by atoms with E-state index in [2.05, 4.69) is 6.58 Å². The molecular formula is C8H13ClO. The Labute approximate surface area is 67.3 Å². The second-order valence-electron chi connectivity index (χ2n) is 2.08. The van der Waals surface area contributed by atoms with Gasteiger partial charge in [-0.15, -0.1) is 11.6 Å². The van der Waals surface area contributed by atoms with Crippen LogP contribution in [0, 0.1) is 0 Å². The van der Waals surface area contributed by atoms with E-state index in [1.807, 2.05) is 26.8 Å². The third-order valence-electron chi connectivity index (χ3n) is 1.14. The summed E-state index contributed by atoms with van der Waals surface area (Å²) in [6.45, 7) is 9.24. The van der Waals surface area contributed by atoms with Crippen LogP contribution in [0.25, 0.3) is 0 Å². The van der Waals surface area contributed by atoms with Crippen molar-refractivity contribution in [2.24, 2.45) is 0 Å². The summed E-state index contributed by atoms with van der Waals surface area (Å²) in [7, 11) is 0. The van der Waals surface area contributed by atoms with Crippen LogP contribution in [0.4, 0.5) is 0 Å². The van der Waals surface area contributed by atoms with Gasteiger partial charge in [0.1, 0.15) is 5.76 Å². The minimum atomic E-state index is -0.130. The summed E-state index contributed by atoms with van der Waals surface area (Å²) in [5.74, 6) is 1.43. The zero-order chi connectivity index (χ0) is 8.15. The van der Waals surface area contributed by atoms with E-state index in [-0.39, 0.29) is 5.38 Å². The van der Waals surface area contributed by atoms with E-state index in [1.165, 1.54) is 0 Å². The molecule has 1 unspecified atom stereocenters. The molecule has 0 amide bonds. The predicted octanol–water partition coefficient (Wildman–Crippen LogP) is 3.07. The maximum Gasteiger partial charge on any atom is 0.114 e. The minimum Gasteiger partial charge on any atom is -0.466 e. The lowest BCUT2D eigenvalue weighted by Crippen LogP contribution is -1.98. The van der Waals surface area contributed by atoms with Gasteiger partial charge in [-0.3, -0.25) is 0 Å². The van der Waals surface area contributed by atoms with Crippen molar-refractivity contribution in [2.45, 2.75) is 26.1 Å². The molecule has 58 valence electrons. The average Bonchev–Trinajstić information content (AvgIpc) is 1.87. The first-order chi connectivity index (χ1) is 4.57. The SMILES string of the molecule is C=C(O/C(C)=C\C)C(C)Cl. The van der Waals surface area contributed by atoms with Crippen LogP contribution >= 0.6 is 11.6 Å². The first-order valence-electron chi connectivity index (χ1n) is 3.21. The maximum atomic E-state index is 5.68. The Balaban J connectivity index is 3.81. The highest BCUT2D eigenvalue weighted by Crippen LogP contribution is 2.11. The van der Waals surface area contributed by atoms with E-state index < -0.39 is 0 Å². The van der Waals surface area contributed by atoms with Crippen LogP contribution in [0.15, 0.2) is 24.2 Å². The fraction of sp³-hybridized carbons (Fsp3) is 0.500. The fourth-order valence-electron chi connectivity index (χ4n) is 0.347. The molecule has 10 heavy (non-hydrogen) atoms. The van der Waals surface area contributed by atoms with E-state index >= 15 is 0 Å². The molecular weight excluding hydrogens is 148 g/mol. The van der Waals surface area contributed by atoms with Gasteiger partial charge in [-0.25, -0.2) is 0 Å². The topological polar surface area (TPSA) is 9.23 Å². The van der Waals surface area contributed by atoms with Gasteiger partial charge >= 0.3 is 0 Å². The van der Waals surface area contributed by atoms with Gasteiger partial charge < -0.3 is 4.74 Å². The number of halogens is 1. The van der Waals surface area contributed by atoms with Crippen molar-refractivity contribution in [3.63, 3.8) is 0 Å². The molecule has 0 radical (unpaired) electrons. The molecule has 0 aromatic heterocycles. The van der Waals surface area contributed by atoms with Crippen molar-refractivity contribution < 1.29 is 4.74 Å². The highest BCUT2D eigenvalue weighted by Gasteiger charge is 2.02. The molecule has 0 spiro atoms. The van der Waals surface area contributed by atoms with E-state index in [0.717, 1.165) is 5.76 Å². The molecule has 0 aliphatic rings. The minimum absolute atomic E-state index is 0.130. The highest BCUT2D eigenvalue weighted by molar-refractivity contribution is 6.21. The standard InChI is InChI=1S/C8H13ClO/c1-5-6(2)10-8(4)7(3)9/h5,7H,4H2,1-3H3/b6-5-. The van der Waals surface area contributed by atoms with E-state index in [4.69, 9.17) is 16.3 Å². The van der Waals surface area contributed by atoms with Gasteiger partial charge in [0.25, 0.3) is 0 Å². The summed E-state index contributed by atoms with van der Waals surface area (Å²) in [6, 6.07) is 0. The highest BCUT2D eigenvalue weighted by atomic mass is 35.5. The Bertz CT molecular complexity index is 147. The molecule has 0 aliphatic heterocycles. The van der Waals surface area contributed by atoms with Crippen molar-refractivity contribution >= 4 is 11.6 Å². The van der Waals surface area contributed by atoms with Gasteiger partial charge in [0.15, 0.2) is 0 Å². The van der Waals surface area contributed by atoms with Gasteiger partial charge in [-0.2, -0.15) is 0 Å². The molecule has 0 aliphatic carbocycles. The number of alkyl halides is 1. The first-order valence-corrected chi connectivity index (χ1v) is 3.65. The average molecular weight is 161 g/mol. The molecule has 0 saturated carbocycles. The zero-order valence-corrected chi connectivity index (χ0v) is 7.40. The van der Waals surface area contributed by atoms with Crippen LogP contribution in [0.5, 0.6) is 0 Å². The molecule has 0 fully saturated rings. The molecule has 0 aromatic carbocycles. The van der Waals surface area contributed by atoms with Crippen molar-refractivity contribution in [1.82, 2.24) is 0 Å². The largest absolute Gasteiger partial charge is 0.466 e. The summed E-state index contributed by atoms with van der Waals surface area (Å²) in [5, 5.41) is -0.130. The van der Waals surface area contributed by atoms with Crippen LogP contribution in [-0.4, -0.2) is 5.38 Å². The monoisotopic (exact) mass is 160 g/mol. The number of hydrogen-bond donors (Lipinski definition) is 0.